The van der Waals surface area contributed by atoms with Crippen LogP contribution in [0.25, 0.3) is 0 Å². The Morgan fingerprint density at radius 2 is 1.48 bits per heavy atom. The van der Waals surface area contributed by atoms with Gasteiger partial charge in [0.2, 0.25) is 0 Å². The van der Waals surface area contributed by atoms with Crippen molar-refractivity contribution in [2.45, 2.75) is 13.1 Å². The van der Waals surface area contributed by atoms with Crippen LogP contribution >= 0.6 is 23.2 Å². The van der Waals surface area contributed by atoms with Gasteiger partial charge in [-0.2, -0.15) is 0 Å². The van der Waals surface area contributed by atoms with Crippen LogP contribution in [0, 0.1) is 5.82 Å². The minimum atomic E-state index is -0.361. The molecule has 0 bridgehead atoms. The standard InChI is InChI=1S/C18H19Cl2FN2/c19-16-4-2-1-3-15(16)13-23-9-7-22(8-10-23)12-14-5-6-18(21)17(20)11-14/h1-6,11H,7-10,12-13H2. The molecule has 1 aliphatic heterocycles. The zero-order chi connectivity index (χ0) is 16.2. The van der Waals surface area contributed by atoms with E-state index >= 15 is 0 Å². The van der Waals surface area contributed by atoms with Crippen molar-refractivity contribution >= 4 is 23.2 Å². The summed E-state index contributed by atoms with van der Waals surface area (Å²) in [6.07, 6.45) is 0. The lowest BCUT2D eigenvalue weighted by Gasteiger charge is -2.34. The highest BCUT2D eigenvalue weighted by Gasteiger charge is 2.18. The Balaban J connectivity index is 1.52. The second-order valence-corrected chi connectivity index (χ2v) is 6.71. The highest BCUT2D eigenvalue weighted by molar-refractivity contribution is 6.31. The maximum atomic E-state index is 13.2. The molecule has 3 rings (SSSR count). The van der Waals surface area contributed by atoms with Crippen molar-refractivity contribution in [1.29, 1.82) is 0 Å². The summed E-state index contributed by atoms with van der Waals surface area (Å²) in [5.74, 6) is -0.361. The molecule has 0 atom stereocenters. The van der Waals surface area contributed by atoms with Crippen LogP contribution in [0.3, 0.4) is 0 Å². The van der Waals surface area contributed by atoms with Gasteiger partial charge in [0.15, 0.2) is 0 Å². The Kier molecular flexibility index (Phi) is 5.54. The Morgan fingerprint density at radius 1 is 0.826 bits per heavy atom. The fraction of sp³-hybridized carbons (Fsp3) is 0.333. The van der Waals surface area contributed by atoms with E-state index in [-0.39, 0.29) is 10.8 Å². The van der Waals surface area contributed by atoms with Gasteiger partial charge in [-0.1, -0.05) is 47.5 Å². The summed E-state index contributed by atoms with van der Waals surface area (Å²) in [6, 6.07) is 12.9. The molecule has 1 saturated heterocycles. The number of rotatable bonds is 4. The molecule has 2 aromatic rings. The second kappa shape index (κ2) is 7.63. The van der Waals surface area contributed by atoms with Crippen LogP contribution in [0.5, 0.6) is 0 Å². The van der Waals surface area contributed by atoms with Gasteiger partial charge in [0, 0.05) is 44.3 Å². The fourth-order valence-corrected chi connectivity index (χ4v) is 3.27. The number of halogens is 3. The van der Waals surface area contributed by atoms with Gasteiger partial charge in [-0.3, -0.25) is 9.80 Å². The third kappa shape index (κ3) is 4.45. The summed E-state index contributed by atoms with van der Waals surface area (Å²) in [5.41, 5.74) is 2.23. The van der Waals surface area contributed by atoms with E-state index in [9.17, 15) is 4.39 Å². The van der Waals surface area contributed by atoms with Gasteiger partial charge in [0.05, 0.1) is 5.02 Å². The van der Waals surface area contributed by atoms with Crippen LogP contribution in [-0.4, -0.2) is 36.0 Å². The van der Waals surface area contributed by atoms with Crippen molar-refractivity contribution in [2.75, 3.05) is 26.2 Å². The predicted molar refractivity (Wildman–Crippen MR) is 93.4 cm³/mol. The van der Waals surface area contributed by atoms with Crippen molar-refractivity contribution in [2.24, 2.45) is 0 Å². The molecule has 1 fully saturated rings. The summed E-state index contributed by atoms with van der Waals surface area (Å²) in [5, 5.41) is 1.02. The van der Waals surface area contributed by atoms with Crippen molar-refractivity contribution in [3.63, 3.8) is 0 Å². The molecule has 0 aliphatic carbocycles. The molecule has 2 nitrogen and oxygen atoms in total. The summed E-state index contributed by atoms with van der Waals surface area (Å²) in [4.78, 5) is 4.78. The summed E-state index contributed by atoms with van der Waals surface area (Å²) in [7, 11) is 0. The van der Waals surface area contributed by atoms with Crippen LogP contribution in [0.15, 0.2) is 42.5 Å². The fourth-order valence-electron chi connectivity index (χ4n) is 2.87. The molecular formula is C18H19Cl2FN2. The third-order valence-electron chi connectivity index (χ3n) is 4.21. The number of hydrogen-bond acceptors (Lipinski definition) is 2. The second-order valence-electron chi connectivity index (χ2n) is 5.89. The average molecular weight is 353 g/mol. The molecule has 0 amide bonds. The zero-order valence-electron chi connectivity index (χ0n) is 12.8. The maximum absolute atomic E-state index is 13.2. The SMILES string of the molecule is Fc1ccc(CN2CCN(Cc3ccccc3Cl)CC2)cc1Cl. The van der Waals surface area contributed by atoms with E-state index < -0.39 is 0 Å². The summed E-state index contributed by atoms with van der Waals surface area (Å²) in [6.45, 7) is 5.66. The number of hydrogen-bond donors (Lipinski definition) is 0. The molecule has 0 aromatic heterocycles. The van der Waals surface area contributed by atoms with Crippen LogP contribution in [0.2, 0.25) is 10.0 Å². The molecule has 5 heteroatoms. The van der Waals surface area contributed by atoms with Crippen molar-refractivity contribution in [1.82, 2.24) is 9.80 Å². The average Bonchev–Trinajstić information content (AvgIpc) is 2.55. The van der Waals surface area contributed by atoms with Crippen LogP contribution < -0.4 is 0 Å². The van der Waals surface area contributed by atoms with Gasteiger partial charge >= 0.3 is 0 Å². The van der Waals surface area contributed by atoms with Crippen LogP contribution in [0.4, 0.5) is 4.39 Å². The highest BCUT2D eigenvalue weighted by atomic mass is 35.5. The molecular weight excluding hydrogens is 334 g/mol. The van der Waals surface area contributed by atoms with Crippen molar-refractivity contribution < 1.29 is 4.39 Å². The largest absolute Gasteiger partial charge is 0.297 e. The van der Waals surface area contributed by atoms with Crippen molar-refractivity contribution in [3.8, 4) is 0 Å². The molecule has 23 heavy (non-hydrogen) atoms. The Bertz CT molecular complexity index is 670. The monoisotopic (exact) mass is 352 g/mol. The van der Waals surface area contributed by atoms with Crippen LogP contribution in [0.1, 0.15) is 11.1 Å². The van der Waals surface area contributed by atoms with Crippen LogP contribution in [-0.2, 0) is 13.1 Å². The van der Waals surface area contributed by atoms with E-state index in [0.717, 1.165) is 49.9 Å². The first-order valence-corrected chi connectivity index (χ1v) is 8.49. The van der Waals surface area contributed by atoms with E-state index in [1.165, 1.54) is 11.6 Å². The highest BCUT2D eigenvalue weighted by Crippen LogP contribution is 2.20. The van der Waals surface area contributed by atoms with E-state index in [2.05, 4.69) is 15.9 Å². The van der Waals surface area contributed by atoms with Gasteiger partial charge in [0.1, 0.15) is 5.82 Å². The Labute approximate surface area is 146 Å². The van der Waals surface area contributed by atoms with E-state index in [0.29, 0.717) is 0 Å². The normalized spacial score (nSPS) is 16.7. The quantitative estimate of drug-likeness (QED) is 0.801. The number of piperazine rings is 1. The molecule has 0 N–H and O–H groups in total. The predicted octanol–water partition coefficient (Wildman–Crippen LogP) is 4.45. The minimum absolute atomic E-state index is 0.194. The van der Waals surface area contributed by atoms with Gasteiger partial charge in [-0.05, 0) is 29.3 Å². The smallest absolute Gasteiger partial charge is 0.141 e. The molecule has 2 aromatic carbocycles. The number of nitrogens with zero attached hydrogens (tertiary/aromatic N) is 2. The topological polar surface area (TPSA) is 6.48 Å². The maximum Gasteiger partial charge on any atom is 0.141 e. The Hall–Kier alpha value is -1.13. The summed E-state index contributed by atoms with van der Waals surface area (Å²) >= 11 is 12.1. The third-order valence-corrected chi connectivity index (χ3v) is 4.87. The Morgan fingerprint density at radius 3 is 2.13 bits per heavy atom. The molecule has 0 unspecified atom stereocenters. The molecule has 1 heterocycles. The molecule has 0 spiro atoms. The first-order valence-electron chi connectivity index (χ1n) is 7.74. The summed E-state index contributed by atoms with van der Waals surface area (Å²) < 4.78 is 13.2. The van der Waals surface area contributed by atoms with Crippen molar-refractivity contribution in [3.05, 3.63) is 69.5 Å². The lowest BCUT2D eigenvalue weighted by molar-refractivity contribution is 0.122. The van der Waals surface area contributed by atoms with E-state index in [1.54, 1.807) is 12.1 Å². The molecule has 0 radical (unpaired) electrons. The van der Waals surface area contributed by atoms with E-state index in [1.807, 2.05) is 18.2 Å². The lowest BCUT2D eigenvalue weighted by atomic mass is 10.1. The number of benzene rings is 2. The first-order chi connectivity index (χ1) is 11.1. The molecule has 1 aliphatic rings. The van der Waals surface area contributed by atoms with Gasteiger partial charge < -0.3 is 0 Å². The lowest BCUT2D eigenvalue weighted by Crippen LogP contribution is -2.45. The van der Waals surface area contributed by atoms with Gasteiger partial charge in [-0.15, -0.1) is 0 Å². The zero-order valence-corrected chi connectivity index (χ0v) is 14.3. The minimum Gasteiger partial charge on any atom is -0.297 e. The van der Waals surface area contributed by atoms with Gasteiger partial charge in [-0.25, -0.2) is 4.39 Å². The first kappa shape index (κ1) is 16.7. The van der Waals surface area contributed by atoms with E-state index in [4.69, 9.17) is 23.2 Å². The van der Waals surface area contributed by atoms with Gasteiger partial charge in [0.25, 0.3) is 0 Å². The molecule has 122 valence electrons. The molecule has 0 saturated carbocycles.